The minimum atomic E-state index is 0.499. The molecule has 1 aliphatic carbocycles. The van der Waals surface area contributed by atoms with E-state index in [1.54, 1.807) is 0 Å². The number of aryl methyl sites for hydroxylation is 1. The third-order valence-electron chi connectivity index (χ3n) is 3.82. The third kappa shape index (κ3) is 1.66. The number of hydrogen-bond donors (Lipinski definition) is 0. The van der Waals surface area contributed by atoms with Crippen LogP contribution < -0.4 is 0 Å². The van der Waals surface area contributed by atoms with Crippen molar-refractivity contribution in [1.29, 1.82) is 0 Å². The van der Waals surface area contributed by atoms with Gasteiger partial charge in [0.15, 0.2) is 0 Å². The van der Waals surface area contributed by atoms with Gasteiger partial charge in [-0.25, -0.2) is 4.98 Å². The van der Waals surface area contributed by atoms with E-state index < -0.39 is 0 Å². The molecule has 1 aliphatic rings. The average Bonchev–Trinajstić information content (AvgIpc) is 2.64. The van der Waals surface area contributed by atoms with Gasteiger partial charge in [-0.2, -0.15) is 0 Å². The van der Waals surface area contributed by atoms with Gasteiger partial charge in [0.2, 0.25) is 0 Å². The summed E-state index contributed by atoms with van der Waals surface area (Å²) in [5.41, 5.74) is 3.66. The summed E-state index contributed by atoms with van der Waals surface area (Å²) in [4.78, 5) is 4.65. The maximum absolute atomic E-state index is 6.03. The van der Waals surface area contributed by atoms with Gasteiger partial charge in [-0.15, -0.1) is 11.6 Å². The van der Waals surface area contributed by atoms with Crippen LogP contribution in [0.4, 0.5) is 0 Å². The third-order valence-corrected chi connectivity index (χ3v) is 4.06. The van der Waals surface area contributed by atoms with E-state index in [1.165, 1.54) is 23.9 Å². The van der Waals surface area contributed by atoms with Crippen molar-refractivity contribution in [2.45, 2.75) is 38.6 Å². The van der Waals surface area contributed by atoms with Crippen LogP contribution in [-0.2, 0) is 5.88 Å². The number of fused-ring (bicyclic) bond motifs is 1. The summed E-state index contributed by atoms with van der Waals surface area (Å²) >= 11 is 6.03. The number of alkyl halides is 1. The van der Waals surface area contributed by atoms with E-state index >= 15 is 0 Å². The van der Waals surface area contributed by atoms with E-state index in [1.807, 2.05) is 0 Å². The van der Waals surface area contributed by atoms with E-state index in [0.717, 1.165) is 17.3 Å². The molecule has 0 amide bonds. The first kappa shape index (κ1) is 11.1. The van der Waals surface area contributed by atoms with Crippen molar-refractivity contribution >= 4 is 22.6 Å². The van der Waals surface area contributed by atoms with Gasteiger partial charge < -0.3 is 4.57 Å². The van der Waals surface area contributed by atoms with Crippen molar-refractivity contribution in [3.8, 4) is 0 Å². The van der Waals surface area contributed by atoms with Crippen molar-refractivity contribution < 1.29 is 0 Å². The van der Waals surface area contributed by atoms with Gasteiger partial charge in [-0.05, 0) is 37.3 Å². The number of aromatic nitrogens is 2. The second-order valence-electron chi connectivity index (χ2n) is 5.20. The normalized spacial score (nSPS) is 23.9. The molecule has 0 atom stereocenters. The fraction of sp³-hybridized carbons (Fsp3) is 0.500. The highest BCUT2D eigenvalue weighted by molar-refractivity contribution is 6.16. The number of hydrogen-bond acceptors (Lipinski definition) is 1. The van der Waals surface area contributed by atoms with Gasteiger partial charge >= 0.3 is 0 Å². The predicted molar refractivity (Wildman–Crippen MR) is 71.5 cm³/mol. The van der Waals surface area contributed by atoms with Crippen LogP contribution in [0.1, 0.15) is 37.2 Å². The molecule has 3 rings (SSSR count). The molecule has 0 N–H and O–H groups in total. The van der Waals surface area contributed by atoms with Crippen LogP contribution in [0.5, 0.6) is 0 Å². The number of halogens is 1. The van der Waals surface area contributed by atoms with Gasteiger partial charge in [0.25, 0.3) is 0 Å². The van der Waals surface area contributed by atoms with Crippen LogP contribution in [0.25, 0.3) is 11.0 Å². The van der Waals surface area contributed by atoms with Crippen LogP contribution in [-0.4, -0.2) is 9.55 Å². The Morgan fingerprint density at radius 1 is 1.41 bits per heavy atom. The maximum Gasteiger partial charge on any atom is 0.125 e. The summed E-state index contributed by atoms with van der Waals surface area (Å²) < 4.78 is 2.37. The molecule has 0 radical (unpaired) electrons. The summed E-state index contributed by atoms with van der Waals surface area (Å²) in [7, 11) is 0. The summed E-state index contributed by atoms with van der Waals surface area (Å²) in [6, 6.07) is 6.90. The first-order chi connectivity index (χ1) is 8.20. The van der Waals surface area contributed by atoms with Crippen LogP contribution >= 0.6 is 11.6 Å². The predicted octanol–water partition coefficient (Wildman–Crippen LogP) is 4.05. The number of nitrogens with zero attached hydrogens (tertiary/aromatic N) is 2. The van der Waals surface area contributed by atoms with E-state index in [2.05, 4.69) is 41.6 Å². The standard InChI is InChI=1S/C14H17ClN2/c1-9-6-11(7-9)17-13(8-15)16-12-5-3-4-10(2)14(12)17/h3-5,9,11H,6-8H2,1-2H3. The van der Waals surface area contributed by atoms with Crippen molar-refractivity contribution in [2.24, 2.45) is 5.92 Å². The topological polar surface area (TPSA) is 17.8 Å². The zero-order chi connectivity index (χ0) is 12.0. The lowest BCUT2D eigenvalue weighted by atomic mass is 9.81. The summed E-state index contributed by atoms with van der Waals surface area (Å²) in [6.07, 6.45) is 2.51. The Balaban J connectivity index is 2.19. The lowest BCUT2D eigenvalue weighted by Gasteiger charge is -2.35. The van der Waals surface area contributed by atoms with Crippen molar-refractivity contribution in [3.63, 3.8) is 0 Å². The monoisotopic (exact) mass is 248 g/mol. The fourth-order valence-corrected chi connectivity index (χ4v) is 3.12. The molecule has 90 valence electrons. The van der Waals surface area contributed by atoms with E-state index in [4.69, 9.17) is 11.6 Å². The molecule has 1 aromatic heterocycles. The maximum atomic E-state index is 6.03. The molecule has 1 fully saturated rings. The molecule has 1 saturated carbocycles. The first-order valence-electron chi connectivity index (χ1n) is 6.23. The second kappa shape index (κ2) is 4.02. The molecule has 3 heteroatoms. The Bertz CT molecular complexity index is 553. The van der Waals surface area contributed by atoms with E-state index in [0.29, 0.717) is 11.9 Å². The molecule has 1 heterocycles. The Hall–Kier alpha value is -1.02. The molecular weight excluding hydrogens is 232 g/mol. The highest BCUT2D eigenvalue weighted by atomic mass is 35.5. The van der Waals surface area contributed by atoms with Crippen LogP contribution in [0.3, 0.4) is 0 Å². The molecule has 0 bridgehead atoms. The first-order valence-corrected chi connectivity index (χ1v) is 6.76. The van der Waals surface area contributed by atoms with Gasteiger partial charge in [-0.1, -0.05) is 19.1 Å². The Morgan fingerprint density at radius 3 is 2.82 bits per heavy atom. The van der Waals surface area contributed by atoms with Crippen LogP contribution in [0.2, 0.25) is 0 Å². The highest BCUT2D eigenvalue weighted by Crippen LogP contribution is 2.40. The molecule has 1 aromatic carbocycles. The molecule has 2 nitrogen and oxygen atoms in total. The molecule has 0 saturated heterocycles. The smallest absolute Gasteiger partial charge is 0.125 e. The van der Waals surface area contributed by atoms with Crippen LogP contribution in [0, 0.1) is 12.8 Å². The molecule has 17 heavy (non-hydrogen) atoms. The highest BCUT2D eigenvalue weighted by Gasteiger charge is 2.30. The average molecular weight is 249 g/mol. The van der Waals surface area contributed by atoms with Gasteiger partial charge in [-0.3, -0.25) is 0 Å². The number of benzene rings is 1. The largest absolute Gasteiger partial charge is 0.324 e. The van der Waals surface area contributed by atoms with Crippen molar-refractivity contribution in [1.82, 2.24) is 9.55 Å². The molecular formula is C14H17ClN2. The lowest BCUT2D eigenvalue weighted by Crippen LogP contribution is -2.26. The van der Waals surface area contributed by atoms with E-state index in [-0.39, 0.29) is 0 Å². The molecule has 0 spiro atoms. The summed E-state index contributed by atoms with van der Waals surface area (Å²) in [5, 5.41) is 0. The zero-order valence-corrected chi connectivity index (χ0v) is 11.0. The van der Waals surface area contributed by atoms with Crippen LogP contribution in [0.15, 0.2) is 18.2 Å². The minimum Gasteiger partial charge on any atom is -0.324 e. The van der Waals surface area contributed by atoms with Gasteiger partial charge in [0.1, 0.15) is 5.82 Å². The van der Waals surface area contributed by atoms with Gasteiger partial charge in [0.05, 0.1) is 16.9 Å². The van der Waals surface area contributed by atoms with E-state index in [9.17, 15) is 0 Å². The Kier molecular flexibility index (Phi) is 2.62. The lowest BCUT2D eigenvalue weighted by molar-refractivity contribution is 0.217. The number of imidazole rings is 1. The fourth-order valence-electron chi connectivity index (χ4n) is 2.93. The summed E-state index contributed by atoms with van der Waals surface area (Å²) in [6.45, 7) is 4.46. The Labute approximate surface area is 107 Å². The van der Waals surface area contributed by atoms with Gasteiger partial charge in [0, 0.05) is 6.04 Å². The SMILES string of the molecule is Cc1cccc2nc(CCl)n(C3CC(C)C3)c12. The van der Waals surface area contributed by atoms with Crippen molar-refractivity contribution in [2.75, 3.05) is 0 Å². The molecule has 0 aliphatic heterocycles. The summed E-state index contributed by atoms with van der Waals surface area (Å²) in [5.74, 6) is 2.36. The molecule has 2 aromatic rings. The Morgan fingerprint density at radius 2 is 2.18 bits per heavy atom. The molecule has 0 unspecified atom stereocenters. The number of rotatable bonds is 2. The quantitative estimate of drug-likeness (QED) is 0.733. The zero-order valence-electron chi connectivity index (χ0n) is 10.3. The minimum absolute atomic E-state index is 0.499. The van der Waals surface area contributed by atoms with Crippen molar-refractivity contribution in [3.05, 3.63) is 29.6 Å². The number of para-hydroxylation sites is 1. The second-order valence-corrected chi connectivity index (χ2v) is 5.47.